The molecule has 2 aromatic rings. The van der Waals surface area contributed by atoms with E-state index in [0.717, 1.165) is 54.8 Å². The SMILES string of the molecule is Cc1cc(Nc2ncc(C)c(N3CC(CC#N)(N4CCN5CCCC5C4)C3)n2)sn1. The maximum absolute atomic E-state index is 9.56. The Morgan fingerprint density at radius 1 is 1.30 bits per heavy atom. The molecule has 0 radical (unpaired) electrons. The minimum atomic E-state index is -0.0524. The van der Waals surface area contributed by atoms with Gasteiger partial charge in [0.2, 0.25) is 5.95 Å². The van der Waals surface area contributed by atoms with E-state index in [1.165, 1.54) is 30.9 Å². The first-order chi connectivity index (χ1) is 14.6. The van der Waals surface area contributed by atoms with Crippen molar-refractivity contribution in [3.8, 4) is 6.07 Å². The highest BCUT2D eigenvalue weighted by Gasteiger charge is 2.50. The highest BCUT2D eigenvalue weighted by atomic mass is 32.1. The van der Waals surface area contributed by atoms with Crippen LogP contribution in [0.1, 0.15) is 30.5 Å². The van der Waals surface area contributed by atoms with Crippen molar-refractivity contribution in [2.45, 2.75) is 44.7 Å². The van der Waals surface area contributed by atoms with Crippen LogP contribution in [0.3, 0.4) is 0 Å². The van der Waals surface area contributed by atoms with E-state index in [2.05, 4.69) is 42.4 Å². The normalized spacial score (nSPS) is 23.6. The summed E-state index contributed by atoms with van der Waals surface area (Å²) in [4.78, 5) is 16.8. The second kappa shape index (κ2) is 7.76. The van der Waals surface area contributed by atoms with E-state index < -0.39 is 0 Å². The van der Waals surface area contributed by atoms with Gasteiger partial charge in [0.25, 0.3) is 0 Å². The Hall–Kier alpha value is -2.28. The average Bonchev–Trinajstić information content (AvgIpc) is 3.34. The lowest BCUT2D eigenvalue weighted by molar-refractivity contribution is -0.000559. The van der Waals surface area contributed by atoms with Crippen LogP contribution >= 0.6 is 11.5 Å². The summed E-state index contributed by atoms with van der Waals surface area (Å²) in [6.45, 7) is 10.3. The smallest absolute Gasteiger partial charge is 0.229 e. The van der Waals surface area contributed by atoms with E-state index in [1.54, 1.807) is 0 Å². The van der Waals surface area contributed by atoms with Gasteiger partial charge < -0.3 is 10.2 Å². The summed E-state index contributed by atoms with van der Waals surface area (Å²) in [6, 6.07) is 5.13. The van der Waals surface area contributed by atoms with Crippen LogP contribution < -0.4 is 10.2 Å². The first-order valence-corrected chi connectivity index (χ1v) is 11.5. The largest absolute Gasteiger partial charge is 0.352 e. The number of rotatable bonds is 5. The third-order valence-corrected chi connectivity index (χ3v) is 7.54. The van der Waals surface area contributed by atoms with E-state index in [4.69, 9.17) is 4.98 Å². The van der Waals surface area contributed by atoms with Crippen molar-refractivity contribution in [1.82, 2.24) is 24.1 Å². The minimum absolute atomic E-state index is 0.0524. The number of nitriles is 1. The molecule has 1 atom stereocenters. The monoisotopic (exact) mass is 424 g/mol. The van der Waals surface area contributed by atoms with Gasteiger partial charge in [-0.1, -0.05) is 0 Å². The van der Waals surface area contributed by atoms with Crippen LogP contribution in [0.25, 0.3) is 0 Å². The Balaban J connectivity index is 1.31. The van der Waals surface area contributed by atoms with E-state index in [9.17, 15) is 5.26 Å². The number of aryl methyl sites for hydroxylation is 2. The lowest BCUT2D eigenvalue weighted by Gasteiger charge is -2.58. The van der Waals surface area contributed by atoms with Crippen molar-refractivity contribution in [2.24, 2.45) is 0 Å². The standard InChI is InChI=1S/C21H28N8S/c1-15-11-23-20(24-18-10-16(2)26-30-18)25-19(15)28-13-21(14-28,5-6-22)29-9-8-27-7-3-4-17(27)12-29/h10-11,17H,3-5,7-9,12-14H2,1-2H3,(H,23,24,25). The van der Waals surface area contributed by atoms with Gasteiger partial charge in [0.05, 0.1) is 23.7 Å². The van der Waals surface area contributed by atoms with Gasteiger partial charge in [-0.15, -0.1) is 0 Å². The molecule has 0 aromatic carbocycles. The highest BCUT2D eigenvalue weighted by Crippen LogP contribution is 2.38. The molecule has 1 N–H and O–H groups in total. The molecule has 0 aliphatic carbocycles. The van der Waals surface area contributed by atoms with Crippen LogP contribution in [0.4, 0.5) is 16.8 Å². The molecule has 0 spiro atoms. The molecule has 0 saturated carbocycles. The number of nitrogens with zero attached hydrogens (tertiary/aromatic N) is 7. The summed E-state index contributed by atoms with van der Waals surface area (Å²) in [5.74, 6) is 1.55. The van der Waals surface area contributed by atoms with Crippen LogP contribution in [-0.4, -0.2) is 75.0 Å². The molecule has 1 unspecified atom stereocenters. The lowest BCUT2D eigenvalue weighted by Crippen LogP contribution is -2.73. The van der Waals surface area contributed by atoms with Crippen molar-refractivity contribution < 1.29 is 0 Å². The van der Waals surface area contributed by atoms with Crippen molar-refractivity contribution in [2.75, 3.05) is 49.5 Å². The maximum atomic E-state index is 9.56. The van der Waals surface area contributed by atoms with Gasteiger partial charge in [-0.25, -0.2) is 4.98 Å². The highest BCUT2D eigenvalue weighted by molar-refractivity contribution is 7.10. The fourth-order valence-electron chi connectivity index (χ4n) is 5.15. The van der Waals surface area contributed by atoms with Gasteiger partial charge >= 0.3 is 0 Å². The topological polar surface area (TPSA) is 84.2 Å². The maximum Gasteiger partial charge on any atom is 0.229 e. The van der Waals surface area contributed by atoms with E-state index in [0.29, 0.717) is 18.4 Å². The van der Waals surface area contributed by atoms with E-state index >= 15 is 0 Å². The van der Waals surface area contributed by atoms with Crippen LogP contribution in [0.5, 0.6) is 0 Å². The molecule has 3 aliphatic rings. The Morgan fingerprint density at radius 3 is 2.93 bits per heavy atom. The molecular weight excluding hydrogens is 396 g/mol. The molecule has 0 bridgehead atoms. The number of hydrogen-bond donors (Lipinski definition) is 1. The zero-order valence-corrected chi connectivity index (χ0v) is 18.5. The second-order valence-corrected chi connectivity index (χ2v) is 9.66. The summed E-state index contributed by atoms with van der Waals surface area (Å²) in [5, 5.41) is 13.8. The Bertz CT molecular complexity index is 960. The summed E-state index contributed by atoms with van der Waals surface area (Å²) in [5.41, 5.74) is 2.00. The van der Waals surface area contributed by atoms with Crippen LogP contribution in [0.15, 0.2) is 12.3 Å². The van der Waals surface area contributed by atoms with Crippen LogP contribution in [0.2, 0.25) is 0 Å². The van der Waals surface area contributed by atoms with E-state index in [1.807, 2.05) is 19.2 Å². The molecule has 3 fully saturated rings. The zero-order valence-electron chi connectivity index (χ0n) is 17.6. The number of hydrogen-bond acceptors (Lipinski definition) is 9. The first-order valence-electron chi connectivity index (χ1n) is 10.7. The van der Waals surface area contributed by atoms with Gasteiger partial charge in [-0.2, -0.15) is 14.6 Å². The predicted molar refractivity (Wildman–Crippen MR) is 118 cm³/mol. The molecule has 5 rings (SSSR count). The number of nitrogens with one attached hydrogen (secondary N) is 1. The molecule has 3 saturated heterocycles. The molecule has 2 aromatic heterocycles. The number of piperazine rings is 1. The quantitative estimate of drug-likeness (QED) is 0.784. The summed E-state index contributed by atoms with van der Waals surface area (Å²) in [7, 11) is 0. The molecule has 3 aliphatic heterocycles. The molecule has 5 heterocycles. The minimum Gasteiger partial charge on any atom is -0.352 e. The molecule has 9 heteroatoms. The predicted octanol–water partition coefficient (Wildman–Crippen LogP) is 2.55. The average molecular weight is 425 g/mol. The third kappa shape index (κ3) is 3.53. The Kier molecular flexibility index (Phi) is 5.09. The number of fused-ring (bicyclic) bond motifs is 1. The Morgan fingerprint density at radius 2 is 2.17 bits per heavy atom. The summed E-state index contributed by atoms with van der Waals surface area (Å²) in [6.07, 6.45) is 5.05. The summed E-state index contributed by atoms with van der Waals surface area (Å²) >= 11 is 1.41. The van der Waals surface area contributed by atoms with Gasteiger partial charge in [-0.05, 0) is 50.8 Å². The lowest BCUT2D eigenvalue weighted by atomic mass is 9.83. The molecule has 158 valence electrons. The third-order valence-electron chi connectivity index (χ3n) is 6.74. The number of aromatic nitrogens is 3. The summed E-state index contributed by atoms with van der Waals surface area (Å²) < 4.78 is 4.30. The van der Waals surface area contributed by atoms with Crippen molar-refractivity contribution >= 4 is 28.3 Å². The zero-order chi connectivity index (χ0) is 20.7. The van der Waals surface area contributed by atoms with Gasteiger partial charge in [0, 0.05) is 50.5 Å². The molecule has 8 nitrogen and oxygen atoms in total. The van der Waals surface area contributed by atoms with Crippen LogP contribution in [-0.2, 0) is 0 Å². The molecular formula is C21H28N8S. The van der Waals surface area contributed by atoms with Crippen molar-refractivity contribution in [3.05, 3.63) is 23.5 Å². The molecule has 0 amide bonds. The Labute approximate surface area is 181 Å². The first kappa shape index (κ1) is 19.7. The van der Waals surface area contributed by atoms with Crippen molar-refractivity contribution in [3.63, 3.8) is 0 Å². The molecule has 30 heavy (non-hydrogen) atoms. The fraction of sp³-hybridized carbons (Fsp3) is 0.619. The van der Waals surface area contributed by atoms with Gasteiger partial charge in [0.1, 0.15) is 10.8 Å². The van der Waals surface area contributed by atoms with Crippen LogP contribution in [0, 0.1) is 25.2 Å². The van der Waals surface area contributed by atoms with Gasteiger partial charge in [0.15, 0.2) is 0 Å². The fourth-order valence-corrected chi connectivity index (χ4v) is 5.81. The van der Waals surface area contributed by atoms with Crippen molar-refractivity contribution in [1.29, 1.82) is 5.26 Å². The van der Waals surface area contributed by atoms with E-state index in [-0.39, 0.29) is 5.54 Å². The second-order valence-electron chi connectivity index (χ2n) is 8.85. The van der Waals surface area contributed by atoms with Gasteiger partial charge in [-0.3, -0.25) is 9.80 Å². The number of anilines is 3.